The summed E-state index contributed by atoms with van der Waals surface area (Å²) in [6, 6.07) is 12.3. The average molecular weight is 355 g/mol. The van der Waals surface area contributed by atoms with Crippen molar-refractivity contribution in [3.63, 3.8) is 0 Å². The van der Waals surface area contributed by atoms with Gasteiger partial charge < -0.3 is 0 Å². The zero-order chi connectivity index (χ0) is 18.5. The molecule has 1 aliphatic heterocycles. The third-order valence-electron chi connectivity index (χ3n) is 5.04. The summed E-state index contributed by atoms with van der Waals surface area (Å²) in [6.45, 7) is 3.14. The molecule has 0 aliphatic carbocycles. The number of aromatic nitrogens is 2. The van der Waals surface area contributed by atoms with Crippen molar-refractivity contribution >= 4 is 16.6 Å². The van der Waals surface area contributed by atoms with Gasteiger partial charge in [-0.3, -0.25) is 4.99 Å². The van der Waals surface area contributed by atoms with Gasteiger partial charge in [0, 0.05) is 22.6 Å². The van der Waals surface area contributed by atoms with Gasteiger partial charge in [-0.25, -0.2) is 4.39 Å². The standard InChI is InChI=1S/C20H16F3N3/c1-3-19(2)20(22,23)15-7-5-4-6-14(15)18(24-19)17-10-12-8-9-13(21)11-16(12)25-26-17/h4-11H,3H2,1-2H3. The van der Waals surface area contributed by atoms with Crippen molar-refractivity contribution < 1.29 is 13.2 Å². The Labute approximate surface area is 148 Å². The maximum atomic E-state index is 15.0. The number of halogens is 3. The minimum Gasteiger partial charge on any atom is -0.269 e. The summed E-state index contributed by atoms with van der Waals surface area (Å²) in [4.78, 5) is 4.41. The number of hydrogen-bond donors (Lipinski definition) is 0. The number of alkyl halides is 2. The van der Waals surface area contributed by atoms with E-state index >= 15 is 8.78 Å². The maximum absolute atomic E-state index is 15.0. The molecule has 3 aromatic rings. The van der Waals surface area contributed by atoms with Crippen LogP contribution >= 0.6 is 0 Å². The zero-order valence-electron chi connectivity index (χ0n) is 14.3. The van der Waals surface area contributed by atoms with E-state index in [4.69, 9.17) is 0 Å². The molecule has 0 amide bonds. The molecule has 1 unspecified atom stereocenters. The zero-order valence-corrected chi connectivity index (χ0v) is 14.3. The minimum atomic E-state index is -3.09. The third-order valence-corrected chi connectivity index (χ3v) is 5.04. The quantitative estimate of drug-likeness (QED) is 0.657. The first-order chi connectivity index (χ1) is 12.4. The number of hydrogen-bond acceptors (Lipinski definition) is 3. The van der Waals surface area contributed by atoms with E-state index in [-0.39, 0.29) is 12.0 Å². The lowest BCUT2D eigenvalue weighted by atomic mass is 9.79. The van der Waals surface area contributed by atoms with Gasteiger partial charge in [-0.05, 0) is 31.5 Å². The van der Waals surface area contributed by atoms with Crippen LogP contribution in [0.1, 0.15) is 37.1 Å². The molecular weight excluding hydrogens is 339 g/mol. The average Bonchev–Trinajstić information content (AvgIpc) is 2.64. The predicted octanol–water partition coefficient (Wildman–Crippen LogP) is 4.88. The lowest BCUT2D eigenvalue weighted by molar-refractivity contribution is -0.0769. The SMILES string of the molecule is CCC1(C)N=C(c2cc3ccc(F)cc3nn2)c2ccccc2C1(F)F. The van der Waals surface area contributed by atoms with Gasteiger partial charge in [0.1, 0.15) is 17.1 Å². The van der Waals surface area contributed by atoms with Gasteiger partial charge in [0.25, 0.3) is 5.92 Å². The van der Waals surface area contributed by atoms with E-state index in [2.05, 4.69) is 15.2 Å². The summed E-state index contributed by atoms with van der Waals surface area (Å²) in [5.74, 6) is -3.49. The first-order valence-electron chi connectivity index (χ1n) is 8.36. The predicted molar refractivity (Wildman–Crippen MR) is 94.2 cm³/mol. The summed E-state index contributed by atoms with van der Waals surface area (Å²) >= 11 is 0. The Bertz CT molecular complexity index is 1050. The molecule has 1 aliphatic rings. The van der Waals surface area contributed by atoms with E-state index in [1.165, 1.54) is 25.1 Å². The van der Waals surface area contributed by atoms with Crippen LogP contribution < -0.4 is 0 Å². The van der Waals surface area contributed by atoms with Crippen molar-refractivity contribution in [2.75, 3.05) is 0 Å². The van der Waals surface area contributed by atoms with E-state index in [0.29, 0.717) is 27.9 Å². The normalized spacial score (nSPS) is 21.3. The fraction of sp³-hybridized carbons (Fsp3) is 0.250. The van der Waals surface area contributed by atoms with Gasteiger partial charge in [0.2, 0.25) is 0 Å². The van der Waals surface area contributed by atoms with E-state index in [9.17, 15) is 4.39 Å². The number of aliphatic imine (C=N–C) groups is 1. The largest absolute Gasteiger partial charge is 0.298 e. The molecule has 2 aromatic carbocycles. The number of fused-ring (bicyclic) bond motifs is 2. The lowest BCUT2D eigenvalue weighted by Crippen LogP contribution is -2.46. The lowest BCUT2D eigenvalue weighted by Gasteiger charge is -2.38. The maximum Gasteiger partial charge on any atom is 0.298 e. The highest BCUT2D eigenvalue weighted by Crippen LogP contribution is 2.48. The highest BCUT2D eigenvalue weighted by Gasteiger charge is 2.54. The van der Waals surface area contributed by atoms with Crippen LogP contribution in [0.4, 0.5) is 13.2 Å². The van der Waals surface area contributed by atoms with Crippen molar-refractivity contribution in [3.05, 3.63) is 71.2 Å². The molecule has 2 heterocycles. The molecular formula is C20H16F3N3. The van der Waals surface area contributed by atoms with Gasteiger partial charge in [-0.1, -0.05) is 31.2 Å². The first-order valence-corrected chi connectivity index (χ1v) is 8.36. The fourth-order valence-corrected chi connectivity index (χ4v) is 3.25. The van der Waals surface area contributed by atoms with Crippen LogP contribution in [-0.4, -0.2) is 21.4 Å². The summed E-state index contributed by atoms with van der Waals surface area (Å²) < 4.78 is 43.4. The highest BCUT2D eigenvalue weighted by atomic mass is 19.3. The van der Waals surface area contributed by atoms with Gasteiger partial charge in [-0.15, -0.1) is 10.2 Å². The second kappa shape index (κ2) is 5.62. The Morgan fingerprint density at radius 2 is 1.77 bits per heavy atom. The Balaban J connectivity index is 1.96. The van der Waals surface area contributed by atoms with Crippen molar-refractivity contribution in [1.82, 2.24) is 10.2 Å². The van der Waals surface area contributed by atoms with Crippen LogP contribution in [-0.2, 0) is 5.92 Å². The fourth-order valence-electron chi connectivity index (χ4n) is 3.25. The Kier molecular flexibility index (Phi) is 3.61. The van der Waals surface area contributed by atoms with Crippen LogP contribution in [0.5, 0.6) is 0 Å². The smallest absolute Gasteiger partial charge is 0.269 e. The summed E-state index contributed by atoms with van der Waals surface area (Å²) in [7, 11) is 0. The van der Waals surface area contributed by atoms with Gasteiger partial charge in [0.15, 0.2) is 0 Å². The molecule has 1 atom stereocenters. The van der Waals surface area contributed by atoms with Gasteiger partial charge in [0.05, 0.1) is 11.2 Å². The second-order valence-corrected chi connectivity index (χ2v) is 6.64. The van der Waals surface area contributed by atoms with Crippen molar-refractivity contribution in [2.24, 2.45) is 4.99 Å². The number of benzene rings is 2. The van der Waals surface area contributed by atoms with Crippen LogP contribution in [0, 0.1) is 5.82 Å². The van der Waals surface area contributed by atoms with Crippen LogP contribution in [0.25, 0.3) is 10.9 Å². The summed E-state index contributed by atoms with van der Waals surface area (Å²) in [6.07, 6.45) is 0.171. The summed E-state index contributed by atoms with van der Waals surface area (Å²) in [5.41, 5.74) is -0.103. The molecule has 0 radical (unpaired) electrons. The van der Waals surface area contributed by atoms with Gasteiger partial charge in [-0.2, -0.15) is 8.78 Å². The molecule has 132 valence electrons. The van der Waals surface area contributed by atoms with E-state index in [0.717, 1.165) is 0 Å². The Morgan fingerprint density at radius 1 is 1.00 bits per heavy atom. The summed E-state index contributed by atoms with van der Waals surface area (Å²) in [5, 5.41) is 8.84. The molecule has 0 fully saturated rings. The third kappa shape index (κ3) is 2.32. The second-order valence-electron chi connectivity index (χ2n) is 6.64. The molecule has 0 bridgehead atoms. The molecule has 6 heteroatoms. The molecule has 4 rings (SSSR count). The minimum absolute atomic E-state index is 0.0599. The van der Waals surface area contributed by atoms with E-state index in [1.807, 2.05) is 0 Å². The van der Waals surface area contributed by atoms with Crippen molar-refractivity contribution in [1.29, 1.82) is 0 Å². The van der Waals surface area contributed by atoms with Crippen LogP contribution in [0.2, 0.25) is 0 Å². The molecule has 1 aromatic heterocycles. The molecule has 0 saturated heterocycles. The Hall–Kier alpha value is -2.76. The van der Waals surface area contributed by atoms with Crippen molar-refractivity contribution in [3.8, 4) is 0 Å². The van der Waals surface area contributed by atoms with Crippen LogP contribution in [0.3, 0.4) is 0 Å². The monoisotopic (exact) mass is 355 g/mol. The highest BCUT2D eigenvalue weighted by molar-refractivity contribution is 6.14. The van der Waals surface area contributed by atoms with E-state index in [1.54, 1.807) is 37.3 Å². The number of rotatable bonds is 2. The van der Waals surface area contributed by atoms with Crippen LogP contribution in [0.15, 0.2) is 53.5 Å². The molecule has 0 saturated carbocycles. The number of nitrogens with zero attached hydrogens (tertiary/aromatic N) is 3. The molecule has 26 heavy (non-hydrogen) atoms. The van der Waals surface area contributed by atoms with Crippen molar-refractivity contribution in [2.45, 2.75) is 31.7 Å². The molecule has 0 spiro atoms. The van der Waals surface area contributed by atoms with E-state index < -0.39 is 17.3 Å². The van der Waals surface area contributed by atoms with Gasteiger partial charge >= 0.3 is 0 Å². The Morgan fingerprint density at radius 3 is 2.54 bits per heavy atom. The first kappa shape index (κ1) is 16.7. The molecule has 0 N–H and O–H groups in total. The molecule has 3 nitrogen and oxygen atoms in total. The topological polar surface area (TPSA) is 38.1 Å².